The van der Waals surface area contributed by atoms with Crippen molar-refractivity contribution >= 4 is 21.8 Å². The number of halogens is 1. The minimum atomic E-state index is 0.0756. The summed E-state index contributed by atoms with van der Waals surface area (Å²) in [5.74, 6) is 0.0756. The van der Waals surface area contributed by atoms with Crippen LogP contribution in [0.25, 0.3) is 0 Å². The first-order valence-electron chi connectivity index (χ1n) is 6.86. The van der Waals surface area contributed by atoms with Gasteiger partial charge < -0.3 is 9.64 Å². The number of rotatable bonds is 3. The predicted octanol–water partition coefficient (Wildman–Crippen LogP) is 2.17. The summed E-state index contributed by atoms with van der Waals surface area (Å²) in [6.45, 7) is 3.28. The zero-order valence-electron chi connectivity index (χ0n) is 11.5. The first-order valence-corrected chi connectivity index (χ1v) is 7.65. The number of carbonyl (C=O) groups is 1. The van der Waals surface area contributed by atoms with Crippen molar-refractivity contribution in [2.75, 3.05) is 26.3 Å². The molecule has 0 radical (unpaired) electrons. The standard InChI is InChI=1S/C15H16BrN3O2/c16-14-9-17-19(11-14)10-12-1-3-13(4-2-12)15(20)18-5-7-21-8-6-18/h1-4,9,11H,5-8,10H2. The Bertz CT molecular complexity index is 618. The lowest BCUT2D eigenvalue weighted by Gasteiger charge is -2.26. The first-order chi connectivity index (χ1) is 10.2. The lowest BCUT2D eigenvalue weighted by molar-refractivity contribution is 0.0303. The van der Waals surface area contributed by atoms with Gasteiger partial charge in [0.15, 0.2) is 0 Å². The summed E-state index contributed by atoms with van der Waals surface area (Å²) in [5, 5.41) is 4.22. The fraction of sp³-hybridized carbons (Fsp3) is 0.333. The second-order valence-electron chi connectivity index (χ2n) is 4.96. The molecule has 1 fully saturated rings. The Morgan fingerprint density at radius 3 is 2.57 bits per heavy atom. The quantitative estimate of drug-likeness (QED) is 0.853. The van der Waals surface area contributed by atoms with Crippen molar-refractivity contribution in [3.05, 3.63) is 52.3 Å². The largest absolute Gasteiger partial charge is 0.378 e. The number of ether oxygens (including phenoxy) is 1. The highest BCUT2D eigenvalue weighted by molar-refractivity contribution is 9.10. The molecule has 6 heteroatoms. The van der Waals surface area contributed by atoms with Crippen LogP contribution in [0.4, 0.5) is 0 Å². The molecule has 1 aliphatic heterocycles. The van der Waals surface area contributed by atoms with Gasteiger partial charge in [-0.1, -0.05) is 12.1 Å². The fourth-order valence-corrected chi connectivity index (χ4v) is 2.64. The van der Waals surface area contributed by atoms with Crippen molar-refractivity contribution in [3.8, 4) is 0 Å². The zero-order valence-corrected chi connectivity index (χ0v) is 13.1. The molecule has 0 saturated carbocycles. The van der Waals surface area contributed by atoms with Crippen LogP contribution in [0.5, 0.6) is 0 Å². The Morgan fingerprint density at radius 2 is 1.95 bits per heavy atom. The van der Waals surface area contributed by atoms with E-state index in [0.717, 1.165) is 15.6 Å². The molecular formula is C15H16BrN3O2. The molecule has 0 aliphatic carbocycles. The molecule has 110 valence electrons. The zero-order chi connectivity index (χ0) is 14.7. The molecule has 1 aromatic heterocycles. The average molecular weight is 350 g/mol. The van der Waals surface area contributed by atoms with E-state index < -0.39 is 0 Å². The van der Waals surface area contributed by atoms with Crippen LogP contribution in [0.15, 0.2) is 41.1 Å². The normalized spacial score (nSPS) is 15.2. The molecular weight excluding hydrogens is 334 g/mol. The highest BCUT2D eigenvalue weighted by Crippen LogP contribution is 2.12. The van der Waals surface area contributed by atoms with Gasteiger partial charge in [0.25, 0.3) is 5.91 Å². The lowest BCUT2D eigenvalue weighted by Crippen LogP contribution is -2.40. The lowest BCUT2D eigenvalue weighted by atomic mass is 10.1. The van der Waals surface area contributed by atoms with E-state index in [-0.39, 0.29) is 5.91 Å². The average Bonchev–Trinajstić information content (AvgIpc) is 2.93. The van der Waals surface area contributed by atoms with E-state index in [1.165, 1.54) is 0 Å². The summed E-state index contributed by atoms with van der Waals surface area (Å²) < 4.78 is 8.08. The van der Waals surface area contributed by atoms with Crippen LogP contribution in [-0.2, 0) is 11.3 Å². The van der Waals surface area contributed by atoms with Crippen molar-refractivity contribution in [1.29, 1.82) is 0 Å². The third-order valence-corrected chi connectivity index (χ3v) is 3.85. The van der Waals surface area contributed by atoms with Gasteiger partial charge in [-0.05, 0) is 33.6 Å². The highest BCUT2D eigenvalue weighted by Gasteiger charge is 2.18. The van der Waals surface area contributed by atoms with Crippen LogP contribution in [0.3, 0.4) is 0 Å². The third-order valence-electron chi connectivity index (χ3n) is 3.45. The number of aromatic nitrogens is 2. The molecule has 3 rings (SSSR count). The first kappa shape index (κ1) is 14.3. The third kappa shape index (κ3) is 3.51. The summed E-state index contributed by atoms with van der Waals surface area (Å²) in [7, 11) is 0. The summed E-state index contributed by atoms with van der Waals surface area (Å²) >= 11 is 3.38. The second kappa shape index (κ2) is 6.41. The van der Waals surface area contributed by atoms with Crippen molar-refractivity contribution in [2.24, 2.45) is 0 Å². The highest BCUT2D eigenvalue weighted by atomic mass is 79.9. The van der Waals surface area contributed by atoms with Crippen LogP contribution in [0.1, 0.15) is 15.9 Å². The van der Waals surface area contributed by atoms with Crippen LogP contribution < -0.4 is 0 Å². The molecule has 1 saturated heterocycles. The van der Waals surface area contributed by atoms with Gasteiger partial charge in [-0.3, -0.25) is 9.48 Å². The number of carbonyl (C=O) groups excluding carboxylic acids is 1. The Labute approximate surface area is 131 Å². The van der Waals surface area contributed by atoms with E-state index in [1.807, 2.05) is 40.0 Å². The van der Waals surface area contributed by atoms with Gasteiger partial charge >= 0.3 is 0 Å². The summed E-state index contributed by atoms with van der Waals surface area (Å²) in [5.41, 5.74) is 1.84. The topological polar surface area (TPSA) is 47.4 Å². The van der Waals surface area contributed by atoms with Crippen molar-refractivity contribution in [1.82, 2.24) is 14.7 Å². The summed E-state index contributed by atoms with van der Waals surface area (Å²) in [6, 6.07) is 7.71. The van der Waals surface area contributed by atoms with E-state index in [1.54, 1.807) is 6.20 Å². The number of hydrogen-bond donors (Lipinski definition) is 0. The second-order valence-corrected chi connectivity index (χ2v) is 5.87. The molecule has 1 aromatic carbocycles. The van der Waals surface area contributed by atoms with Crippen molar-refractivity contribution < 1.29 is 9.53 Å². The fourth-order valence-electron chi connectivity index (χ4n) is 2.31. The van der Waals surface area contributed by atoms with E-state index >= 15 is 0 Å². The van der Waals surface area contributed by atoms with E-state index in [9.17, 15) is 4.79 Å². The summed E-state index contributed by atoms with van der Waals surface area (Å²) in [4.78, 5) is 14.2. The molecule has 5 nitrogen and oxygen atoms in total. The van der Waals surface area contributed by atoms with Gasteiger partial charge in [0.1, 0.15) is 0 Å². The maximum Gasteiger partial charge on any atom is 0.254 e. The Morgan fingerprint density at radius 1 is 1.24 bits per heavy atom. The molecule has 0 bridgehead atoms. The van der Waals surface area contributed by atoms with Crippen molar-refractivity contribution in [3.63, 3.8) is 0 Å². The molecule has 2 heterocycles. The van der Waals surface area contributed by atoms with Gasteiger partial charge in [-0.15, -0.1) is 0 Å². The molecule has 0 unspecified atom stereocenters. The van der Waals surface area contributed by atoms with Gasteiger partial charge in [0.2, 0.25) is 0 Å². The number of benzene rings is 1. The molecule has 21 heavy (non-hydrogen) atoms. The number of hydrogen-bond acceptors (Lipinski definition) is 3. The van der Waals surface area contributed by atoms with Gasteiger partial charge in [-0.2, -0.15) is 5.10 Å². The Kier molecular flexibility index (Phi) is 4.36. The van der Waals surface area contributed by atoms with Gasteiger partial charge in [-0.25, -0.2) is 0 Å². The van der Waals surface area contributed by atoms with E-state index in [0.29, 0.717) is 32.8 Å². The van der Waals surface area contributed by atoms with Crippen LogP contribution in [0.2, 0.25) is 0 Å². The maximum absolute atomic E-state index is 12.3. The van der Waals surface area contributed by atoms with Gasteiger partial charge in [0, 0.05) is 24.8 Å². The van der Waals surface area contributed by atoms with Crippen LogP contribution >= 0.6 is 15.9 Å². The minimum absolute atomic E-state index is 0.0756. The van der Waals surface area contributed by atoms with Crippen molar-refractivity contribution in [2.45, 2.75) is 6.54 Å². The number of amides is 1. The van der Waals surface area contributed by atoms with E-state index in [2.05, 4.69) is 21.0 Å². The monoisotopic (exact) mass is 349 g/mol. The molecule has 0 spiro atoms. The molecule has 0 atom stereocenters. The minimum Gasteiger partial charge on any atom is -0.378 e. The van der Waals surface area contributed by atoms with E-state index in [4.69, 9.17) is 4.74 Å². The molecule has 2 aromatic rings. The predicted molar refractivity (Wildman–Crippen MR) is 82.2 cm³/mol. The smallest absolute Gasteiger partial charge is 0.254 e. The Hall–Kier alpha value is -1.66. The molecule has 1 amide bonds. The van der Waals surface area contributed by atoms with Gasteiger partial charge in [0.05, 0.1) is 30.4 Å². The maximum atomic E-state index is 12.3. The van der Waals surface area contributed by atoms with Crippen LogP contribution in [0, 0.1) is 0 Å². The number of morpholine rings is 1. The Balaban J connectivity index is 1.67. The number of nitrogens with zero attached hydrogens (tertiary/aromatic N) is 3. The summed E-state index contributed by atoms with van der Waals surface area (Å²) in [6.07, 6.45) is 3.68. The van der Waals surface area contributed by atoms with Crippen LogP contribution in [-0.4, -0.2) is 46.9 Å². The molecule has 0 N–H and O–H groups in total. The molecule has 1 aliphatic rings. The SMILES string of the molecule is O=C(c1ccc(Cn2cc(Br)cn2)cc1)N1CCOCC1.